The maximum absolute atomic E-state index is 13.0. The lowest BCUT2D eigenvalue weighted by atomic mass is 10.2. The highest BCUT2D eigenvalue weighted by Crippen LogP contribution is 2.29. The normalized spacial score (nSPS) is 13.7. The summed E-state index contributed by atoms with van der Waals surface area (Å²) in [4.78, 5) is 14.3. The van der Waals surface area contributed by atoms with Crippen LogP contribution in [0.2, 0.25) is 5.02 Å². The van der Waals surface area contributed by atoms with E-state index in [9.17, 15) is 9.18 Å². The third-order valence-corrected chi connectivity index (χ3v) is 4.07. The van der Waals surface area contributed by atoms with Crippen molar-refractivity contribution in [2.24, 2.45) is 0 Å². The number of ether oxygens (including phenoxy) is 1. The van der Waals surface area contributed by atoms with Crippen molar-refractivity contribution >= 4 is 17.5 Å². The van der Waals surface area contributed by atoms with Crippen molar-refractivity contribution in [3.63, 3.8) is 0 Å². The Morgan fingerprint density at radius 2 is 1.87 bits per heavy atom. The smallest absolute Gasteiger partial charge is 0.261 e. The molecule has 1 fully saturated rings. The first kappa shape index (κ1) is 15.8. The van der Waals surface area contributed by atoms with Gasteiger partial charge in [0, 0.05) is 12.6 Å². The van der Waals surface area contributed by atoms with Crippen LogP contribution in [0.1, 0.15) is 18.4 Å². The van der Waals surface area contributed by atoms with Gasteiger partial charge in [0.1, 0.15) is 11.6 Å². The second-order valence-electron chi connectivity index (χ2n) is 5.60. The predicted molar refractivity (Wildman–Crippen MR) is 86.9 cm³/mol. The maximum atomic E-state index is 13.0. The minimum absolute atomic E-state index is 0.0541. The number of rotatable bonds is 6. The van der Waals surface area contributed by atoms with E-state index in [0.29, 0.717) is 17.3 Å². The zero-order valence-electron chi connectivity index (χ0n) is 12.5. The molecule has 3 rings (SSSR count). The van der Waals surface area contributed by atoms with Crippen molar-refractivity contribution in [1.29, 1.82) is 0 Å². The van der Waals surface area contributed by atoms with Crippen molar-refractivity contribution in [2.75, 3.05) is 6.61 Å². The van der Waals surface area contributed by atoms with Crippen LogP contribution < -0.4 is 4.74 Å². The molecular formula is C18H17ClFNO2. The Kier molecular flexibility index (Phi) is 4.82. The molecule has 0 bridgehead atoms. The molecule has 1 aliphatic rings. The Balaban J connectivity index is 1.63. The van der Waals surface area contributed by atoms with Gasteiger partial charge < -0.3 is 9.64 Å². The quantitative estimate of drug-likeness (QED) is 0.798. The zero-order chi connectivity index (χ0) is 16.2. The summed E-state index contributed by atoms with van der Waals surface area (Å²) < 4.78 is 18.5. The van der Waals surface area contributed by atoms with E-state index in [2.05, 4.69) is 0 Å². The second kappa shape index (κ2) is 7.01. The van der Waals surface area contributed by atoms with E-state index in [1.807, 2.05) is 12.1 Å². The summed E-state index contributed by atoms with van der Waals surface area (Å²) in [6, 6.07) is 13.5. The predicted octanol–water partition coefficient (Wildman–Crippen LogP) is 4.05. The Labute approximate surface area is 139 Å². The first-order valence-electron chi connectivity index (χ1n) is 7.55. The highest BCUT2D eigenvalue weighted by Gasteiger charge is 2.32. The van der Waals surface area contributed by atoms with Crippen LogP contribution in [0.4, 0.5) is 4.39 Å². The van der Waals surface area contributed by atoms with E-state index in [0.717, 1.165) is 18.4 Å². The number of halogens is 2. The lowest BCUT2D eigenvalue weighted by Crippen LogP contribution is -2.36. The van der Waals surface area contributed by atoms with Gasteiger partial charge in [0.15, 0.2) is 6.61 Å². The van der Waals surface area contributed by atoms with Crippen LogP contribution in [-0.2, 0) is 11.3 Å². The van der Waals surface area contributed by atoms with Gasteiger partial charge in [0.05, 0.1) is 5.02 Å². The number of para-hydroxylation sites is 1. The van der Waals surface area contributed by atoms with Gasteiger partial charge >= 0.3 is 0 Å². The highest BCUT2D eigenvalue weighted by molar-refractivity contribution is 6.32. The molecule has 0 aromatic heterocycles. The molecule has 0 saturated heterocycles. The second-order valence-corrected chi connectivity index (χ2v) is 6.01. The van der Waals surface area contributed by atoms with Gasteiger partial charge in [-0.15, -0.1) is 0 Å². The lowest BCUT2D eigenvalue weighted by Gasteiger charge is -2.23. The SMILES string of the molecule is O=C(COc1ccccc1Cl)N(Cc1ccc(F)cc1)C1CC1. The van der Waals surface area contributed by atoms with Crippen LogP contribution in [0.25, 0.3) is 0 Å². The highest BCUT2D eigenvalue weighted by atomic mass is 35.5. The molecule has 120 valence electrons. The number of carbonyl (C=O) groups is 1. The van der Waals surface area contributed by atoms with Crippen LogP contribution >= 0.6 is 11.6 Å². The van der Waals surface area contributed by atoms with E-state index >= 15 is 0 Å². The van der Waals surface area contributed by atoms with Gasteiger partial charge in [-0.1, -0.05) is 35.9 Å². The van der Waals surface area contributed by atoms with Crippen LogP contribution in [0.15, 0.2) is 48.5 Å². The molecule has 2 aromatic carbocycles. The summed E-state index contributed by atoms with van der Waals surface area (Å²) >= 11 is 6.02. The summed E-state index contributed by atoms with van der Waals surface area (Å²) in [5.41, 5.74) is 0.907. The molecule has 1 saturated carbocycles. The van der Waals surface area contributed by atoms with Crippen LogP contribution in [0.5, 0.6) is 5.75 Å². The fourth-order valence-electron chi connectivity index (χ4n) is 2.38. The Bertz CT molecular complexity index is 686. The standard InChI is InChI=1S/C18H17ClFNO2/c19-16-3-1-2-4-17(16)23-12-18(22)21(15-9-10-15)11-13-5-7-14(20)8-6-13/h1-8,15H,9-12H2. The monoisotopic (exact) mass is 333 g/mol. The van der Waals surface area contributed by atoms with Crippen molar-refractivity contribution in [2.45, 2.75) is 25.4 Å². The van der Waals surface area contributed by atoms with Gasteiger partial charge in [0.25, 0.3) is 5.91 Å². The molecule has 1 amide bonds. The largest absolute Gasteiger partial charge is 0.482 e. The van der Waals surface area contributed by atoms with Crippen molar-refractivity contribution in [3.05, 3.63) is 64.9 Å². The molecule has 0 spiro atoms. The van der Waals surface area contributed by atoms with E-state index in [1.54, 1.807) is 29.2 Å². The van der Waals surface area contributed by atoms with Crippen molar-refractivity contribution in [3.8, 4) is 5.75 Å². The molecule has 2 aromatic rings. The zero-order valence-corrected chi connectivity index (χ0v) is 13.3. The Morgan fingerprint density at radius 3 is 2.52 bits per heavy atom. The fourth-order valence-corrected chi connectivity index (χ4v) is 2.57. The summed E-state index contributed by atoms with van der Waals surface area (Å²) in [7, 11) is 0. The number of nitrogens with zero attached hydrogens (tertiary/aromatic N) is 1. The van der Waals surface area contributed by atoms with E-state index in [-0.39, 0.29) is 24.4 Å². The molecule has 23 heavy (non-hydrogen) atoms. The van der Waals surface area contributed by atoms with Crippen LogP contribution in [0.3, 0.4) is 0 Å². The molecule has 3 nitrogen and oxygen atoms in total. The van der Waals surface area contributed by atoms with Crippen LogP contribution in [0, 0.1) is 5.82 Å². The summed E-state index contributed by atoms with van der Waals surface area (Å²) in [5.74, 6) is 0.136. The average molecular weight is 334 g/mol. The molecule has 0 unspecified atom stereocenters. The van der Waals surface area contributed by atoms with Crippen LogP contribution in [-0.4, -0.2) is 23.5 Å². The number of hydrogen-bond acceptors (Lipinski definition) is 2. The Morgan fingerprint density at radius 1 is 1.17 bits per heavy atom. The third kappa shape index (κ3) is 4.23. The molecule has 1 aliphatic carbocycles. The lowest BCUT2D eigenvalue weighted by molar-refractivity contribution is -0.134. The molecule has 5 heteroatoms. The fraction of sp³-hybridized carbons (Fsp3) is 0.278. The molecule has 0 heterocycles. The molecule has 0 atom stereocenters. The van der Waals surface area contributed by atoms with Gasteiger partial charge in [-0.25, -0.2) is 4.39 Å². The number of hydrogen-bond donors (Lipinski definition) is 0. The summed E-state index contributed by atoms with van der Waals surface area (Å²) in [6.07, 6.45) is 2.00. The van der Waals surface area contributed by atoms with Crippen molar-refractivity contribution < 1.29 is 13.9 Å². The minimum Gasteiger partial charge on any atom is -0.482 e. The molecule has 0 radical (unpaired) electrons. The summed E-state index contributed by atoms with van der Waals surface area (Å²) in [6.45, 7) is 0.414. The van der Waals surface area contributed by atoms with E-state index in [4.69, 9.17) is 16.3 Å². The Hall–Kier alpha value is -2.07. The molecular weight excluding hydrogens is 317 g/mol. The average Bonchev–Trinajstić information content (AvgIpc) is 3.38. The number of carbonyl (C=O) groups excluding carboxylic acids is 1. The first-order valence-corrected chi connectivity index (χ1v) is 7.92. The summed E-state index contributed by atoms with van der Waals surface area (Å²) in [5, 5.41) is 0.483. The first-order chi connectivity index (χ1) is 11.1. The van der Waals surface area contributed by atoms with E-state index < -0.39 is 0 Å². The van der Waals surface area contributed by atoms with Gasteiger partial charge in [0.2, 0.25) is 0 Å². The minimum atomic E-state index is -0.278. The van der Waals surface area contributed by atoms with Gasteiger partial charge in [-0.2, -0.15) is 0 Å². The third-order valence-electron chi connectivity index (χ3n) is 3.76. The molecule has 0 N–H and O–H groups in total. The molecule has 0 aliphatic heterocycles. The topological polar surface area (TPSA) is 29.5 Å². The van der Waals surface area contributed by atoms with E-state index in [1.165, 1.54) is 12.1 Å². The van der Waals surface area contributed by atoms with Gasteiger partial charge in [-0.3, -0.25) is 4.79 Å². The van der Waals surface area contributed by atoms with Gasteiger partial charge in [-0.05, 0) is 42.7 Å². The maximum Gasteiger partial charge on any atom is 0.261 e. The number of amides is 1. The number of benzene rings is 2. The van der Waals surface area contributed by atoms with Crippen molar-refractivity contribution in [1.82, 2.24) is 4.90 Å².